The lowest BCUT2D eigenvalue weighted by molar-refractivity contribution is 0.0435. The van der Waals surface area contributed by atoms with Crippen molar-refractivity contribution in [2.75, 3.05) is 20.8 Å². The minimum absolute atomic E-state index is 0.00900. The molecule has 1 heterocycles. The van der Waals surface area contributed by atoms with E-state index in [0.717, 1.165) is 6.07 Å². The molecule has 13 heteroatoms. The van der Waals surface area contributed by atoms with Crippen molar-refractivity contribution in [1.82, 2.24) is 14.8 Å². The minimum Gasteiger partial charge on any atom is -0.496 e. The van der Waals surface area contributed by atoms with Crippen molar-refractivity contribution < 1.29 is 36.6 Å². The summed E-state index contributed by atoms with van der Waals surface area (Å²) in [4.78, 5) is 24.7. The van der Waals surface area contributed by atoms with Crippen LogP contribution >= 0.6 is 11.9 Å². The first-order chi connectivity index (χ1) is 16.9. The highest BCUT2D eigenvalue weighted by molar-refractivity contribution is 8.13. The molecule has 1 aliphatic heterocycles. The predicted octanol–water partition coefficient (Wildman–Crippen LogP) is 3.01. The standard InChI is InChI=1S/C23H28FN3O7S2/c1-6-25-35-22(29)27-36(30,31)19-9-13-10-20(23(2,3)34-17(13)12-18(19)33-5)26-21(28)15-11-14(24)7-8-16(15)32-4/h7-9,11-12,20,25H,6,10H2,1-5H3,(H,26,28)(H,27,29). The van der Waals surface area contributed by atoms with Gasteiger partial charge in [-0.2, -0.15) is 0 Å². The Morgan fingerprint density at radius 2 is 1.86 bits per heavy atom. The first-order valence-corrected chi connectivity index (χ1v) is 13.2. The van der Waals surface area contributed by atoms with E-state index < -0.39 is 38.6 Å². The molecule has 0 aliphatic carbocycles. The Hall–Kier alpha value is -3.03. The number of carbonyl (C=O) groups excluding carboxylic acids is 2. The summed E-state index contributed by atoms with van der Waals surface area (Å²) in [7, 11) is -1.60. The number of fused-ring (bicyclic) bond motifs is 1. The number of ether oxygens (including phenoxy) is 3. The van der Waals surface area contributed by atoms with Crippen LogP contribution in [0.25, 0.3) is 0 Å². The topological polar surface area (TPSA) is 132 Å². The fraction of sp³-hybridized carbons (Fsp3) is 0.391. The number of rotatable bonds is 8. The monoisotopic (exact) mass is 541 g/mol. The molecule has 1 atom stereocenters. The molecule has 3 rings (SSSR count). The van der Waals surface area contributed by atoms with Gasteiger partial charge in [-0.15, -0.1) is 0 Å². The third-order valence-electron chi connectivity index (χ3n) is 5.51. The predicted molar refractivity (Wildman–Crippen MR) is 133 cm³/mol. The molecule has 1 unspecified atom stereocenters. The van der Waals surface area contributed by atoms with Gasteiger partial charge in [0.05, 0.1) is 25.8 Å². The summed E-state index contributed by atoms with van der Waals surface area (Å²) in [5.74, 6) is -0.608. The molecular formula is C23H28FN3O7S2. The van der Waals surface area contributed by atoms with E-state index in [-0.39, 0.29) is 28.4 Å². The van der Waals surface area contributed by atoms with E-state index in [9.17, 15) is 22.4 Å². The van der Waals surface area contributed by atoms with E-state index in [1.54, 1.807) is 20.8 Å². The molecule has 2 amide bonds. The first kappa shape index (κ1) is 27.6. The highest BCUT2D eigenvalue weighted by atomic mass is 32.2. The van der Waals surface area contributed by atoms with Gasteiger partial charge >= 0.3 is 5.24 Å². The second-order valence-corrected chi connectivity index (χ2v) is 10.9. The van der Waals surface area contributed by atoms with Crippen molar-refractivity contribution in [1.29, 1.82) is 0 Å². The van der Waals surface area contributed by atoms with Crippen molar-refractivity contribution in [3.63, 3.8) is 0 Å². The van der Waals surface area contributed by atoms with E-state index in [0.29, 0.717) is 29.8 Å². The summed E-state index contributed by atoms with van der Waals surface area (Å²) in [6.45, 7) is 5.75. The van der Waals surface area contributed by atoms with Crippen LogP contribution in [0.3, 0.4) is 0 Å². The third kappa shape index (κ3) is 6.02. The maximum atomic E-state index is 13.8. The van der Waals surface area contributed by atoms with Gasteiger partial charge < -0.3 is 19.5 Å². The zero-order valence-corrected chi connectivity index (χ0v) is 22.1. The fourth-order valence-electron chi connectivity index (χ4n) is 3.67. The summed E-state index contributed by atoms with van der Waals surface area (Å²) >= 11 is 0.620. The van der Waals surface area contributed by atoms with Gasteiger partial charge in [-0.25, -0.2) is 17.5 Å². The highest BCUT2D eigenvalue weighted by Gasteiger charge is 2.40. The summed E-state index contributed by atoms with van der Waals surface area (Å²) in [5, 5.41) is 2.04. The molecule has 0 saturated heterocycles. The molecule has 0 aromatic heterocycles. The van der Waals surface area contributed by atoms with Gasteiger partial charge in [-0.1, -0.05) is 6.92 Å². The van der Waals surface area contributed by atoms with Crippen LogP contribution in [-0.4, -0.2) is 52.0 Å². The molecule has 0 saturated carbocycles. The first-order valence-electron chi connectivity index (χ1n) is 10.9. The molecule has 36 heavy (non-hydrogen) atoms. The van der Waals surface area contributed by atoms with Crippen molar-refractivity contribution in [2.24, 2.45) is 0 Å². The number of nitrogens with one attached hydrogen (secondary N) is 3. The molecule has 2 aromatic rings. The molecule has 2 aromatic carbocycles. The molecule has 0 spiro atoms. The zero-order chi connectivity index (χ0) is 26.7. The lowest BCUT2D eigenvalue weighted by Crippen LogP contribution is -2.55. The smallest absolute Gasteiger partial charge is 0.307 e. The van der Waals surface area contributed by atoms with E-state index in [1.165, 1.54) is 38.5 Å². The van der Waals surface area contributed by atoms with Crippen molar-refractivity contribution in [3.05, 3.63) is 47.3 Å². The summed E-state index contributed by atoms with van der Waals surface area (Å²) in [6, 6.07) is 5.77. The molecular weight excluding hydrogens is 513 g/mol. The number of halogens is 1. The average molecular weight is 542 g/mol. The van der Waals surface area contributed by atoms with Crippen LogP contribution in [0.4, 0.5) is 9.18 Å². The van der Waals surface area contributed by atoms with Crippen LogP contribution in [0.1, 0.15) is 36.7 Å². The number of amides is 2. The number of carbonyl (C=O) groups is 2. The fourth-order valence-corrected chi connectivity index (χ4v) is 5.47. The summed E-state index contributed by atoms with van der Waals surface area (Å²) < 4.78 is 60.8. The Bertz CT molecular complexity index is 1270. The molecule has 3 N–H and O–H groups in total. The van der Waals surface area contributed by atoms with Crippen LogP contribution in [-0.2, 0) is 16.4 Å². The zero-order valence-electron chi connectivity index (χ0n) is 20.4. The molecule has 0 bridgehead atoms. The Labute approximate surface area is 213 Å². The Morgan fingerprint density at radius 3 is 2.50 bits per heavy atom. The van der Waals surface area contributed by atoms with E-state index in [4.69, 9.17) is 14.2 Å². The average Bonchev–Trinajstić information content (AvgIpc) is 2.81. The number of hydrogen-bond acceptors (Lipinski definition) is 9. The Balaban J connectivity index is 1.92. The number of hydrogen-bond donors (Lipinski definition) is 3. The van der Waals surface area contributed by atoms with E-state index >= 15 is 0 Å². The van der Waals surface area contributed by atoms with E-state index in [2.05, 4.69) is 10.0 Å². The third-order valence-corrected chi connectivity index (χ3v) is 7.71. The molecule has 10 nitrogen and oxygen atoms in total. The van der Waals surface area contributed by atoms with Gasteiger partial charge in [0.25, 0.3) is 15.9 Å². The Kier molecular flexibility index (Phi) is 8.37. The highest BCUT2D eigenvalue weighted by Crippen LogP contribution is 2.39. The van der Waals surface area contributed by atoms with Gasteiger partial charge in [0.15, 0.2) is 0 Å². The normalized spacial score (nSPS) is 16.3. The number of sulfonamides is 1. The van der Waals surface area contributed by atoms with Crippen LogP contribution in [0.2, 0.25) is 0 Å². The maximum Gasteiger partial charge on any atom is 0.307 e. The van der Waals surface area contributed by atoms with Crippen LogP contribution in [0, 0.1) is 5.82 Å². The van der Waals surface area contributed by atoms with Crippen LogP contribution < -0.4 is 29.0 Å². The summed E-state index contributed by atoms with van der Waals surface area (Å²) in [6.07, 6.45) is 0.193. The van der Waals surface area contributed by atoms with Crippen LogP contribution in [0.5, 0.6) is 17.2 Å². The lowest BCUT2D eigenvalue weighted by Gasteiger charge is -2.40. The minimum atomic E-state index is -4.28. The second-order valence-electron chi connectivity index (χ2n) is 8.38. The van der Waals surface area contributed by atoms with Gasteiger partial charge in [0.2, 0.25) is 0 Å². The van der Waals surface area contributed by atoms with Gasteiger partial charge in [0.1, 0.15) is 33.6 Å². The molecule has 196 valence electrons. The van der Waals surface area contributed by atoms with Gasteiger partial charge in [-0.05, 0) is 43.7 Å². The molecule has 0 radical (unpaired) electrons. The number of benzene rings is 2. The summed E-state index contributed by atoms with van der Waals surface area (Å²) in [5.41, 5.74) is -0.428. The second kappa shape index (κ2) is 10.9. The van der Waals surface area contributed by atoms with Crippen molar-refractivity contribution in [3.8, 4) is 17.2 Å². The van der Waals surface area contributed by atoms with Gasteiger partial charge in [-0.3, -0.25) is 14.3 Å². The quantitative estimate of drug-likeness (QED) is 0.432. The maximum absolute atomic E-state index is 13.8. The van der Waals surface area contributed by atoms with Gasteiger partial charge in [0, 0.05) is 31.0 Å². The van der Waals surface area contributed by atoms with E-state index in [1.807, 2.05) is 4.72 Å². The van der Waals surface area contributed by atoms with Crippen molar-refractivity contribution in [2.45, 2.75) is 43.7 Å². The largest absolute Gasteiger partial charge is 0.496 e. The molecule has 0 fully saturated rings. The van der Waals surface area contributed by atoms with Crippen molar-refractivity contribution >= 4 is 33.1 Å². The molecule has 1 aliphatic rings. The van der Waals surface area contributed by atoms with Crippen LogP contribution in [0.15, 0.2) is 35.2 Å². The lowest BCUT2D eigenvalue weighted by atomic mass is 9.88. The Morgan fingerprint density at radius 1 is 1.17 bits per heavy atom. The number of methoxy groups -OCH3 is 2. The SMILES string of the molecule is CCNSC(=O)NS(=O)(=O)c1cc2c(cc1OC)OC(C)(C)C(NC(=O)c1cc(F)ccc1OC)C2.